The van der Waals surface area contributed by atoms with Crippen LogP contribution in [0.2, 0.25) is 0 Å². The van der Waals surface area contributed by atoms with Gasteiger partial charge >= 0.3 is 0 Å². The molecule has 0 unspecified atom stereocenters. The van der Waals surface area contributed by atoms with E-state index in [2.05, 4.69) is 44.0 Å². The highest BCUT2D eigenvalue weighted by molar-refractivity contribution is 5.82. The minimum atomic E-state index is 0.569. The molecule has 0 atom stereocenters. The van der Waals surface area contributed by atoms with E-state index in [0.29, 0.717) is 6.04 Å². The average molecular weight is 274 g/mol. The van der Waals surface area contributed by atoms with Crippen molar-refractivity contribution in [2.75, 3.05) is 24.5 Å². The molecular weight excluding hydrogens is 252 g/mol. The van der Waals surface area contributed by atoms with Crippen LogP contribution in [0.5, 0.6) is 0 Å². The first-order valence-corrected chi connectivity index (χ1v) is 7.36. The Morgan fingerprint density at radius 2 is 2.10 bits per heavy atom. The Bertz CT molecular complexity index is 556. The SMILES string of the molecule is CC(C)NCC1CCN(c2ncnc3nc[nH]c23)CC1. The van der Waals surface area contributed by atoms with Crippen molar-refractivity contribution in [2.24, 2.45) is 5.92 Å². The molecule has 6 heteroatoms. The third kappa shape index (κ3) is 2.75. The van der Waals surface area contributed by atoms with Crippen LogP contribution in [0, 0.1) is 5.92 Å². The van der Waals surface area contributed by atoms with Crippen molar-refractivity contribution >= 4 is 17.0 Å². The lowest BCUT2D eigenvalue weighted by Gasteiger charge is -2.33. The van der Waals surface area contributed by atoms with Gasteiger partial charge in [0.2, 0.25) is 0 Å². The summed E-state index contributed by atoms with van der Waals surface area (Å²) in [6, 6.07) is 0.569. The molecule has 3 heterocycles. The average Bonchev–Trinajstić information content (AvgIpc) is 2.94. The third-order valence-electron chi connectivity index (χ3n) is 3.93. The van der Waals surface area contributed by atoms with Crippen LogP contribution in [0.1, 0.15) is 26.7 Å². The number of fused-ring (bicyclic) bond motifs is 1. The lowest BCUT2D eigenvalue weighted by atomic mass is 9.96. The van der Waals surface area contributed by atoms with Crippen LogP contribution in [-0.4, -0.2) is 45.6 Å². The Morgan fingerprint density at radius 3 is 2.85 bits per heavy atom. The van der Waals surface area contributed by atoms with Crippen molar-refractivity contribution in [1.82, 2.24) is 25.3 Å². The number of nitrogens with zero attached hydrogens (tertiary/aromatic N) is 4. The fraction of sp³-hybridized carbons (Fsp3) is 0.643. The molecule has 0 spiro atoms. The molecule has 1 saturated heterocycles. The number of hydrogen-bond acceptors (Lipinski definition) is 5. The summed E-state index contributed by atoms with van der Waals surface area (Å²) in [6.07, 6.45) is 5.70. The van der Waals surface area contributed by atoms with Gasteiger partial charge in [0.1, 0.15) is 11.8 Å². The molecule has 2 aromatic rings. The molecule has 0 radical (unpaired) electrons. The Balaban J connectivity index is 1.65. The second-order valence-corrected chi connectivity index (χ2v) is 5.79. The summed E-state index contributed by atoms with van der Waals surface area (Å²) >= 11 is 0. The minimum absolute atomic E-state index is 0.569. The zero-order valence-electron chi connectivity index (χ0n) is 12.1. The molecule has 6 nitrogen and oxygen atoms in total. The van der Waals surface area contributed by atoms with Gasteiger partial charge in [-0.1, -0.05) is 13.8 Å². The topological polar surface area (TPSA) is 69.7 Å². The highest BCUT2D eigenvalue weighted by Crippen LogP contribution is 2.25. The fourth-order valence-corrected chi connectivity index (χ4v) is 2.74. The van der Waals surface area contributed by atoms with Crippen molar-refractivity contribution < 1.29 is 0 Å². The summed E-state index contributed by atoms with van der Waals surface area (Å²) in [5.74, 6) is 1.76. The summed E-state index contributed by atoms with van der Waals surface area (Å²) < 4.78 is 0. The molecule has 0 bridgehead atoms. The maximum atomic E-state index is 4.43. The second-order valence-electron chi connectivity index (χ2n) is 5.79. The molecule has 1 aliphatic heterocycles. The Hall–Kier alpha value is -1.69. The zero-order valence-corrected chi connectivity index (χ0v) is 12.1. The number of nitrogens with one attached hydrogen (secondary N) is 2. The normalized spacial score (nSPS) is 17.2. The molecule has 20 heavy (non-hydrogen) atoms. The van der Waals surface area contributed by atoms with Crippen LogP contribution in [0.25, 0.3) is 11.2 Å². The molecule has 3 rings (SSSR count). The summed E-state index contributed by atoms with van der Waals surface area (Å²) in [5.41, 5.74) is 1.70. The predicted octanol–water partition coefficient (Wildman–Crippen LogP) is 1.57. The van der Waals surface area contributed by atoms with E-state index >= 15 is 0 Å². The van der Waals surface area contributed by atoms with Gasteiger partial charge in [-0.25, -0.2) is 15.0 Å². The number of aromatic nitrogens is 4. The lowest BCUT2D eigenvalue weighted by molar-refractivity contribution is 0.370. The number of imidazole rings is 1. The van der Waals surface area contributed by atoms with E-state index in [4.69, 9.17) is 0 Å². The number of anilines is 1. The maximum absolute atomic E-state index is 4.43. The van der Waals surface area contributed by atoms with E-state index in [-0.39, 0.29) is 0 Å². The first kappa shape index (κ1) is 13.3. The van der Waals surface area contributed by atoms with E-state index in [1.807, 2.05) is 0 Å². The largest absolute Gasteiger partial charge is 0.355 e. The van der Waals surface area contributed by atoms with Crippen molar-refractivity contribution in [3.63, 3.8) is 0 Å². The lowest BCUT2D eigenvalue weighted by Crippen LogP contribution is -2.39. The molecule has 0 aromatic carbocycles. The quantitative estimate of drug-likeness (QED) is 0.885. The predicted molar refractivity (Wildman–Crippen MR) is 79.8 cm³/mol. The van der Waals surface area contributed by atoms with Crippen LogP contribution < -0.4 is 10.2 Å². The van der Waals surface area contributed by atoms with E-state index in [0.717, 1.165) is 42.5 Å². The molecule has 1 aliphatic rings. The Morgan fingerprint density at radius 1 is 1.30 bits per heavy atom. The fourth-order valence-electron chi connectivity index (χ4n) is 2.74. The van der Waals surface area contributed by atoms with Gasteiger partial charge in [0.25, 0.3) is 0 Å². The van der Waals surface area contributed by atoms with Crippen molar-refractivity contribution in [2.45, 2.75) is 32.7 Å². The second kappa shape index (κ2) is 5.75. The monoisotopic (exact) mass is 274 g/mol. The van der Waals surface area contributed by atoms with Crippen molar-refractivity contribution in [3.8, 4) is 0 Å². The van der Waals surface area contributed by atoms with Gasteiger partial charge < -0.3 is 15.2 Å². The summed E-state index contributed by atoms with van der Waals surface area (Å²) in [6.45, 7) is 7.62. The standard InChI is InChI=1S/C14H22N6/c1-10(2)15-7-11-3-5-20(6-4-11)14-12-13(17-8-16-12)18-9-19-14/h8-11,15H,3-7H2,1-2H3,(H,16,17,18,19). The van der Waals surface area contributed by atoms with E-state index in [1.165, 1.54) is 12.8 Å². The van der Waals surface area contributed by atoms with Gasteiger partial charge in [0.15, 0.2) is 11.5 Å². The summed E-state index contributed by atoms with van der Waals surface area (Å²) in [5, 5.41) is 3.53. The van der Waals surface area contributed by atoms with Gasteiger partial charge in [-0.05, 0) is 25.3 Å². The molecule has 108 valence electrons. The summed E-state index contributed by atoms with van der Waals surface area (Å²) in [4.78, 5) is 18.3. The number of H-pyrrole nitrogens is 1. The molecule has 0 aliphatic carbocycles. The molecule has 1 fully saturated rings. The number of hydrogen-bond donors (Lipinski definition) is 2. The summed E-state index contributed by atoms with van der Waals surface area (Å²) in [7, 11) is 0. The molecular formula is C14H22N6. The smallest absolute Gasteiger partial charge is 0.182 e. The van der Waals surface area contributed by atoms with Crippen molar-refractivity contribution in [3.05, 3.63) is 12.7 Å². The first-order chi connectivity index (χ1) is 9.74. The maximum Gasteiger partial charge on any atom is 0.182 e. The van der Waals surface area contributed by atoms with Gasteiger partial charge in [-0.3, -0.25) is 0 Å². The molecule has 2 aromatic heterocycles. The third-order valence-corrected chi connectivity index (χ3v) is 3.93. The van der Waals surface area contributed by atoms with Crippen LogP contribution in [0.4, 0.5) is 5.82 Å². The number of piperidine rings is 1. The number of rotatable bonds is 4. The minimum Gasteiger partial charge on any atom is -0.355 e. The van der Waals surface area contributed by atoms with Gasteiger partial charge in [0, 0.05) is 19.1 Å². The van der Waals surface area contributed by atoms with Crippen LogP contribution in [0.3, 0.4) is 0 Å². The van der Waals surface area contributed by atoms with Gasteiger partial charge in [0.05, 0.1) is 6.33 Å². The Kier molecular flexibility index (Phi) is 3.82. The van der Waals surface area contributed by atoms with Crippen LogP contribution in [0.15, 0.2) is 12.7 Å². The zero-order chi connectivity index (χ0) is 13.9. The van der Waals surface area contributed by atoms with E-state index in [9.17, 15) is 0 Å². The van der Waals surface area contributed by atoms with E-state index in [1.54, 1.807) is 12.7 Å². The van der Waals surface area contributed by atoms with Crippen LogP contribution >= 0.6 is 0 Å². The van der Waals surface area contributed by atoms with Gasteiger partial charge in [-0.2, -0.15) is 0 Å². The first-order valence-electron chi connectivity index (χ1n) is 7.36. The molecule has 0 amide bonds. The van der Waals surface area contributed by atoms with Crippen molar-refractivity contribution in [1.29, 1.82) is 0 Å². The number of aromatic amines is 1. The van der Waals surface area contributed by atoms with Gasteiger partial charge in [-0.15, -0.1) is 0 Å². The van der Waals surface area contributed by atoms with Crippen LogP contribution in [-0.2, 0) is 0 Å². The molecule has 2 N–H and O–H groups in total. The molecule has 0 saturated carbocycles. The highest BCUT2D eigenvalue weighted by atomic mass is 15.2. The Labute approximate surface area is 119 Å². The highest BCUT2D eigenvalue weighted by Gasteiger charge is 2.22. The van der Waals surface area contributed by atoms with E-state index < -0.39 is 0 Å².